The minimum absolute atomic E-state index is 0.107. The number of hydrogen-bond acceptors (Lipinski definition) is 4. The highest BCUT2D eigenvalue weighted by molar-refractivity contribution is 5.91. The van der Waals surface area contributed by atoms with Crippen LogP contribution in [0.25, 0.3) is 0 Å². The van der Waals surface area contributed by atoms with Gasteiger partial charge in [0.25, 0.3) is 5.91 Å². The lowest BCUT2D eigenvalue weighted by Crippen LogP contribution is -2.36. The second-order valence-corrected chi connectivity index (χ2v) is 4.46. The fraction of sp³-hybridized carbons (Fsp3) is 0.500. The highest BCUT2D eigenvalue weighted by Gasteiger charge is 2.19. The minimum atomic E-state index is -0.181. The molecule has 0 saturated carbocycles. The molecule has 1 heterocycles. The van der Waals surface area contributed by atoms with Crippen molar-refractivity contribution in [1.82, 2.24) is 4.90 Å². The third-order valence-corrected chi connectivity index (χ3v) is 2.37. The summed E-state index contributed by atoms with van der Waals surface area (Å²) in [4.78, 5) is 13.8. The molecule has 0 atom stereocenters. The number of carbonyl (C=O) groups excluding carboxylic acids is 1. The number of carbonyl (C=O) groups is 1. The highest BCUT2D eigenvalue weighted by atomic mass is 16.4. The van der Waals surface area contributed by atoms with Gasteiger partial charge in [0, 0.05) is 19.5 Å². The first-order chi connectivity index (χ1) is 8.54. The van der Waals surface area contributed by atoms with Gasteiger partial charge < -0.3 is 20.3 Å². The Morgan fingerprint density at radius 1 is 1.61 bits per heavy atom. The fourth-order valence-electron chi connectivity index (χ4n) is 1.57. The maximum absolute atomic E-state index is 12.1. The Morgan fingerprint density at radius 3 is 2.83 bits per heavy atom. The van der Waals surface area contributed by atoms with Crippen molar-refractivity contribution in [3.05, 3.63) is 24.2 Å². The molecule has 6 nitrogen and oxygen atoms in total. The van der Waals surface area contributed by atoms with Crippen molar-refractivity contribution in [2.24, 2.45) is 16.8 Å². The molecule has 0 spiro atoms. The quantitative estimate of drug-likeness (QED) is 0.348. The van der Waals surface area contributed by atoms with Gasteiger partial charge >= 0.3 is 0 Å². The van der Waals surface area contributed by atoms with E-state index < -0.39 is 0 Å². The van der Waals surface area contributed by atoms with Gasteiger partial charge in [-0.2, -0.15) is 0 Å². The average Bonchev–Trinajstić information content (AvgIpc) is 2.86. The van der Waals surface area contributed by atoms with Gasteiger partial charge in [0.05, 0.1) is 6.26 Å². The zero-order valence-corrected chi connectivity index (χ0v) is 10.7. The third kappa shape index (κ3) is 4.12. The molecular weight excluding hydrogens is 234 g/mol. The molecule has 18 heavy (non-hydrogen) atoms. The number of rotatable bonds is 6. The van der Waals surface area contributed by atoms with E-state index in [1.165, 1.54) is 6.26 Å². The van der Waals surface area contributed by atoms with E-state index in [-0.39, 0.29) is 11.7 Å². The van der Waals surface area contributed by atoms with E-state index in [2.05, 4.69) is 5.16 Å². The van der Waals surface area contributed by atoms with Crippen LogP contribution in [0.1, 0.15) is 30.8 Å². The summed E-state index contributed by atoms with van der Waals surface area (Å²) >= 11 is 0. The van der Waals surface area contributed by atoms with E-state index in [4.69, 9.17) is 15.4 Å². The van der Waals surface area contributed by atoms with Crippen molar-refractivity contribution >= 4 is 11.7 Å². The number of amides is 1. The first-order valence-corrected chi connectivity index (χ1v) is 5.83. The van der Waals surface area contributed by atoms with Crippen LogP contribution in [0, 0.1) is 5.92 Å². The fourth-order valence-corrected chi connectivity index (χ4v) is 1.57. The molecule has 1 aromatic heterocycles. The van der Waals surface area contributed by atoms with E-state index in [1.807, 2.05) is 13.8 Å². The van der Waals surface area contributed by atoms with Crippen molar-refractivity contribution in [1.29, 1.82) is 0 Å². The average molecular weight is 253 g/mol. The molecule has 0 aliphatic carbocycles. The molecule has 100 valence electrons. The smallest absolute Gasteiger partial charge is 0.289 e. The summed E-state index contributed by atoms with van der Waals surface area (Å²) in [5.41, 5.74) is 5.41. The first kappa shape index (κ1) is 14.1. The summed E-state index contributed by atoms with van der Waals surface area (Å²) in [5, 5.41) is 11.4. The Balaban J connectivity index is 2.69. The van der Waals surface area contributed by atoms with Crippen LogP contribution in [-0.2, 0) is 0 Å². The lowest BCUT2D eigenvalue weighted by molar-refractivity contribution is 0.0708. The van der Waals surface area contributed by atoms with Gasteiger partial charge in [-0.25, -0.2) is 0 Å². The molecule has 1 amide bonds. The molecule has 0 bridgehead atoms. The molecule has 0 radical (unpaired) electrons. The van der Waals surface area contributed by atoms with Crippen LogP contribution in [0.15, 0.2) is 28.0 Å². The first-order valence-electron chi connectivity index (χ1n) is 5.83. The summed E-state index contributed by atoms with van der Waals surface area (Å²) < 4.78 is 5.09. The maximum Gasteiger partial charge on any atom is 0.289 e. The number of hydrogen-bond donors (Lipinski definition) is 2. The zero-order valence-electron chi connectivity index (χ0n) is 10.7. The van der Waals surface area contributed by atoms with Gasteiger partial charge in [0.2, 0.25) is 0 Å². The molecule has 1 rings (SSSR count). The summed E-state index contributed by atoms with van der Waals surface area (Å²) in [5.74, 6) is 0.557. The van der Waals surface area contributed by atoms with Gasteiger partial charge in [-0.1, -0.05) is 19.0 Å². The second kappa shape index (κ2) is 6.68. The van der Waals surface area contributed by atoms with Crippen molar-refractivity contribution in [2.45, 2.75) is 20.3 Å². The van der Waals surface area contributed by atoms with Crippen molar-refractivity contribution in [3.63, 3.8) is 0 Å². The third-order valence-electron chi connectivity index (χ3n) is 2.37. The predicted molar refractivity (Wildman–Crippen MR) is 67.5 cm³/mol. The Labute approximate surface area is 106 Å². The number of furan rings is 1. The number of nitrogens with two attached hydrogens (primary N) is 1. The van der Waals surface area contributed by atoms with E-state index in [9.17, 15) is 4.79 Å². The Morgan fingerprint density at radius 2 is 2.33 bits per heavy atom. The maximum atomic E-state index is 12.1. The van der Waals surface area contributed by atoms with Gasteiger partial charge in [-0.15, -0.1) is 0 Å². The van der Waals surface area contributed by atoms with E-state index in [1.54, 1.807) is 17.0 Å². The van der Waals surface area contributed by atoms with Gasteiger partial charge in [-0.3, -0.25) is 4.79 Å². The van der Waals surface area contributed by atoms with Crippen LogP contribution in [0.3, 0.4) is 0 Å². The normalized spacial score (nSPS) is 11.8. The van der Waals surface area contributed by atoms with Crippen LogP contribution >= 0.6 is 0 Å². The monoisotopic (exact) mass is 253 g/mol. The van der Waals surface area contributed by atoms with Crippen LogP contribution < -0.4 is 5.73 Å². The van der Waals surface area contributed by atoms with Crippen LogP contribution in [-0.4, -0.2) is 34.9 Å². The topological polar surface area (TPSA) is 92.1 Å². The number of oxime groups is 1. The largest absolute Gasteiger partial charge is 0.459 e. The molecule has 0 aromatic carbocycles. The molecule has 0 aliphatic rings. The van der Waals surface area contributed by atoms with Crippen molar-refractivity contribution < 1.29 is 14.4 Å². The lowest BCUT2D eigenvalue weighted by Gasteiger charge is -2.23. The predicted octanol–water partition coefficient (Wildman–Crippen LogP) is 1.51. The summed E-state index contributed by atoms with van der Waals surface area (Å²) in [6.07, 6.45) is 1.79. The molecule has 0 fully saturated rings. The van der Waals surface area contributed by atoms with Crippen molar-refractivity contribution in [3.8, 4) is 0 Å². The molecule has 6 heteroatoms. The minimum Gasteiger partial charge on any atom is -0.459 e. The van der Waals surface area contributed by atoms with E-state index >= 15 is 0 Å². The summed E-state index contributed by atoms with van der Waals surface area (Å²) in [6.45, 7) is 5.03. The van der Waals surface area contributed by atoms with Crippen LogP contribution in [0.4, 0.5) is 0 Å². The Hall–Kier alpha value is -1.98. The molecule has 0 unspecified atom stereocenters. The van der Waals surface area contributed by atoms with Gasteiger partial charge in [0.1, 0.15) is 5.84 Å². The standard InChI is InChI=1S/C12H19N3O3/c1-9(2)8-15(6-5-11(13)14-17)12(16)10-4-3-7-18-10/h3-4,7,9,17H,5-6,8H2,1-2H3,(H2,13,14). The van der Waals surface area contributed by atoms with Crippen LogP contribution in [0.5, 0.6) is 0 Å². The summed E-state index contributed by atoms with van der Waals surface area (Å²) in [7, 11) is 0. The van der Waals surface area contributed by atoms with E-state index in [0.29, 0.717) is 31.2 Å². The number of amidine groups is 1. The molecule has 0 saturated heterocycles. The van der Waals surface area contributed by atoms with Crippen LogP contribution in [0.2, 0.25) is 0 Å². The molecule has 1 aromatic rings. The lowest BCUT2D eigenvalue weighted by atomic mass is 10.2. The van der Waals surface area contributed by atoms with E-state index in [0.717, 1.165) is 0 Å². The SMILES string of the molecule is CC(C)CN(CCC(N)=NO)C(=O)c1ccco1. The second-order valence-electron chi connectivity index (χ2n) is 4.46. The Bertz CT molecular complexity index is 399. The highest BCUT2D eigenvalue weighted by Crippen LogP contribution is 2.09. The van der Waals surface area contributed by atoms with Gasteiger partial charge in [-0.05, 0) is 18.1 Å². The zero-order chi connectivity index (χ0) is 13.5. The van der Waals surface area contributed by atoms with Crippen molar-refractivity contribution in [2.75, 3.05) is 13.1 Å². The number of nitrogens with zero attached hydrogens (tertiary/aromatic N) is 2. The molecule has 0 aliphatic heterocycles. The Kier molecular flexibility index (Phi) is 5.23. The van der Waals surface area contributed by atoms with Gasteiger partial charge in [0.15, 0.2) is 5.76 Å². The summed E-state index contributed by atoms with van der Waals surface area (Å²) in [6, 6.07) is 3.30. The molecule has 3 N–H and O–H groups in total. The molecular formula is C12H19N3O3.